The zero-order valence-corrected chi connectivity index (χ0v) is 6.99. The Labute approximate surface area is 73.7 Å². The van der Waals surface area contributed by atoms with Gasteiger partial charge in [0.2, 0.25) is 0 Å². The van der Waals surface area contributed by atoms with Gasteiger partial charge in [0.1, 0.15) is 11.6 Å². The number of halogens is 3. The Balaban J connectivity index is 2.86. The second-order valence-electron chi connectivity index (χ2n) is 1.83. The van der Waals surface area contributed by atoms with E-state index in [9.17, 15) is 4.39 Å². The Kier molecular flexibility index (Phi) is 2.97. The van der Waals surface area contributed by atoms with Crippen LogP contribution in [0.3, 0.4) is 0 Å². The van der Waals surface area contributed by atoms with Gasteiger partial charge in [0, 0.05) is 6.07 Å². The molecule has 0 bridgehead atoms. The van der Waals surface area contributed by atoms with Crippen molar-refractivity contribution in [3.8, 4) is 5.75 Å². The van der Waals surface area contributed by atoms with Gasteiger partial charge >= 0.3 is 0 Å². The summed E-state index contributed by atoms with van der Waals surface area (Å²) in [6.07, 6.45) is 0. The van der Waals surface area contributed by atoms with Crippen LogP contribution >= 0.6 is 23.2 Å². The summed E-state index contributed by atoms with van der Waals surface area (Å²) >= 11 is 10.7. The molecule has 0 heterocycles. The first kappa shape index (κ1) is 8.62. The summed E-state index contributed by atoms with van der Waals surface area (Å²) in [7, 11) is 0. The maximum atomic E-state index is 12.6. The molecule has 11 heavy (non-hydrogen) atoms. The van der Waals surface area contributed by atoms with E-state index in [4.69, 9.17) is 27.9 Å². The minimum Gasteiger partial charge on any atom is -0.478 e. The normalized spacial score (nSPS) is 9.73. The molecule has 1 aromatic rings. The number of rotatable bonds is 2. The third-order valence-corrected chi connectivity index (χ3v) is 1.53. The molecule has 0 fully saturated rings. The summed E-state index contributed by atoms with van der Waals surface area (Å²) in [4.78, 5) is 0. The van der Waals surface area contributed by atoms with Crippen LogP contribution < -0.4 is 4.74 Å². The Bertz CT molecular complexity index is 252. The summed E-state index contributed by atoms with van der Waals surface area (Å²) in [5.41, 5.74) is 0. The van der Waals surface area contributed by atoms with Crippen LogP contribution in [-0.4, -0.2) is 6.07 Å². The van der Waals surface area contributed by atoms with Crippen LogP contribution in [0.2, 0.25) is 5.02 Å². The molecule has 0 unspecified atom stereocenters. The van der Waals surface area contributed by atoms with E-state index in [0.717, 1.165) is 0 Å². The first-order valence-electron chi connectivity index (χ1n) is 2.88. The Hall–Kier alpha value is -0.470. The molecule has 0 saturated carbocycles. The molecule has 0 aromatic heterocycles. The van der Waals surface area contributed by atoms with Crippen LogP contribution in [0.15, 0.2) is 18.2 Å². The molecule has 0 aliphatic rings. The number of ether oxygens (including phenoxy) is 1. The van der Waals surface area contributed by atoms with Crippen LogP contribution in [0.1, 0.15) is 0 Å². The second-order valence-corrected chi connectivity index (χ2v) is 2.45. The van der Waals surface area contributed by atoms with Gasteiger partial charge in [-0.05, 0) is 12.1 Å². The van der Waals surface area contributed by atoms with Gasteiger partial charge in [-0.25, -0.2) is 4.39 Å². The molecule has 0 saturated heterocycles. The molecule has 0 atom stereocenters. The van der Waals surface area contributed by atoms with Gasteiger partial charge in [0.05, 0.1) is 5.02 Å². The van der Waals surface area contributed by atoms with Crippen LogP contribution in [-0.2, 0) is 0 Å². The van der Waals surface area contributed by atoms with Crippen molar-refractivity contribution in [1.29, 1.82) is 0 Å². The van der Waals surface area contributed by atoms with Gasteiger partial charge in [-0.15, -0.1) is 0 Å². The first-order chi connectivity index (χ1) is 5.24. The fourth-order valence-corrected chi connectivity index (χ4v) is 0.873. The maximum absolute atomic E-state index is 12.6. The fraction of sp³-hybridized carbons (Fsp3) is 0.143. The van der Waals surface area contributed by atoms with Crippen molar-refractivity contribution in [3.05, 3.63) is 29.0 Å². The van der Waals surface area contributed by atoms with Crippen LogP contribution in [0.5, 0.6) is 5.75 Å². The van der Waals surface area contributed by atoms with Crippen molar-refractivity contribution in [3.63, 3.8) is 0 Å². The number of hydrogen-bond acceptors (Lipinski definition) is 1. The first-order valence-corrected chi connectivity index (χ1v) is 3.79. The van der Waals surface area contributed by atoms with Crippen molar-refractivity contribution in [2.45, 2.75) is 0 Å². The van der Waals surface area contributed by atoms with Gasteiger partial charge in [-0.2, -0.15) is 0 Å². The van der Waals surface area contributed by atoms with E-state index in [1.165, 1.54) is 12.1 Å². The smallest absolute Gasteiger partial charge is 0.162 e. The molecule has 1 nitrogen and oxygen atoms in total. The van der Waals surface area contributed by atoms with E-state index in [2.05, 4.69) is 0 Å². The van der Waals surface area contributed by atoms with E-state index >= 15 is 0 Å². The minimum absolute atomic E-state index is 0.00106. The fourth-order valence-electron chi connectivity index (χ4n) is 0.630. The van der Waals surface area contributed by atoms with Gasteiger partial charge in [0.15, 0.2) is 6.07 Å². The van der Waals surface area contributed by atoms with Crippen molar-refractivity contribution in [2.75, 3.05) is 6.07 Å². The highest BCUT2D eigenvalue weighted by molar-refractivity contribution is 6.30. The van der Waals surface area contributed by atoms with Crippen molar-refractivity contribution in [1.82, 2.24) is 0 Å². The highest BCUT2D eigenvalue weighted by atomic mass is 35.5. The summed E-state index contributed by atoms with van der Waals surface area (Å²) in [5.74, 6) is -0.129. The Morgan fingerprint density at radius 2 is 2.18 bits per heavy atom. The summed E-state index contributed by atoms with van der Waals surface area (Å²) in [5, 5.41) is 0.0759. The van der Waals surface area contributed by atoms with Gasteiger partial charge in [0.25, 0.3) is 0 Å². The van der Waals surface area contributed by atoms with E-state index in [0.29, 0.717) is 5.75 Å². The lowest BCUT2D eigenvalue weighted by Gasteiger charge is -2.01. The zero-order valence-electron chi connectivity index (χ0n) is 5.48. The largest absolute Gasteiger partial charge is 0.478 e. The molecule has 60 valence electrons. The van der Waals surface area contributed by atoms with Gasteiger partial charge < -0.3 is 4.74 Å². The predicted octanol–water partition coefficient (Wildman–Crippen LogP) is 3.05. The maximum Gasteiger partial charge on any atom is 0.162 e. The SMILES string of the molecule is Fc1cc(OCCl)ccc1Cl. The summed E-state index contributed by atoms with van der Waals surface area (Å²) in [6, 6.07) is 4.15. The highest BCUT2D eigenvalue weighted by Gasteiger charge is 2.00. The second kappa shape index (κ2) is 3.79. The molecular formula is C7H5Cl2FO. The summed E-state index contributed by atoms with van der Waals surface area (Å²) < 4.78 is 17.5. The van der Waals surface area contributed by atoms with Crippen molar-refractivity contribution in [2.24, 2.45) is 0 Å². The lowest BCUT2D eigenvalue weighted by molar-refractivity contribution is 0.385. The Morgan fingerprint density at radius 1 is 1.45 bits per heavy atom. The number of hydrogen-bond donors (Lipinski definition) is 0. The zero-order chi connectivity index (χ0) is 8.27. The molecule has 1 rings (SSSR count). The highest BCUT2D eigenvalue weighted by Crippen LogP contribution is 2.20. The van der Waals surface area contributed by atoms with E-state index in [1.54, 1.807) is 6.07 Å². The van der Waals surface area contributed by atoms with Crippen molar-refractivity contribution < 1.29 is 9.13 Å². The van der Waals surface area contributed by atoms with Gasteiger partial charge in [-0.1, -0.05) is 23.2 Å². The quantitative estimate of drug-likeness (QED) is 0.659. The molecular weight excluding hydrogens is 190 g/mol. The molecule has 0 aliphatic carbocycles. The molecule has 0 aliphatic heterocycles. The molecule has 1 aromatic carbocycles. The number of alkyl halides is 1. The third kappa shape index (κ3) is 2.24. The molecule has 0 radical (unpaired) electrons. The minimum atomic E-state index is -0.505. The van der Waals surface area contributed by atoms with Crippen LogP contribution in [0, 0.1) is 5.82 Å². The van der Waals surface area contributed by atoms with Crippen LogP contribution in [0.4, 0.5) is 4.39 Å². The third-order valence-electron chi connectivity index (χ3n) is 1.11. The molecule has 0 N–H and O–H groups in total. The topological polar surface area (TPSA) is 9.23 Å². The lowest BCUT2D eigenvalue weighted by Crippen LogP contribution is -1.89. The van der Waals surface area contributed by atoms with Crippen LogP contribution in [0.25, 0.3) is 0 Å². The summed E-state index contributed by atoms with van der Waals surface area (Å²) in [6.45, 7) is 0. The monoisotopic (exact) mass is 194 g/mol. The lowest BCUT2D eigenvalue weighted by atomic mass is 10.3. The average molecular weight is 195 g/mol. The van der Waals surface area contributed by atoms with E-state index < -0.39 is 5.82 Å². The standard InChI is InChI=1S/C7H5Cl2FO/c8-4-11-5-1-2-6(9)7(10)3-5/h1-3H,4H2. The van der Waals surface area contributed by atoms with E-state index in [-0.39, 0.29) is 11.1 Å². The average Bonchev–Trinajstić information content (AvgIpc) is 1.98. The number of benzene rings is 1. The van der Waals surface area contributed by atoms with Crippen molar-refractivity contribution >= 4 is 23.2 Å². The van der Waals surface area contributed by atoms with E-state index in [1.807, 2.05) is 0 Å². The Morgan fingerprint density at radius 3 is 2.73 bits per heavy atom. The molecule has 0 amide bonds. The molecule has 4 heteroatoms. The van der Waals surface area contributed by atoms with Gasteiger partial charge in [-0.3, -0.25) is 0 Å². The molecule has 0 spiro atoms. The predicted molar refractivity (Wildman–Crippen MR) is 42.8 cm³/mol.